The highest BCUT2D eigenvalue weighted by atomic mass is 35.5. The Morgan fingerprint density at radius 1 is 1.00 bits per heavy atom. The molecule has 0 aliphatic carbocycles. The molecule has 2 N–H and O–H groups in total. The molecule has 37 heavy (non-hydrogen) atoms. The number of ether oxygens (including phenoxy) is 1. The highest BCUT2D eigenvalue weighted by molar-refractivity contribution is 6.30. The summed E-state index contributed by atoms with van der Waals surface area (Å²) in [6.45, 7) is 4.93. The number of amides is 1. The number of carbonyl (C=O) groups is 1. The first-order valence-corrected chi connectivity index (χ1v) is 12.6. The third-order valence-electron chi connectivity index (χ3n) is 6.49. The topological polar surface area (TPSA) is 68.2 Å². The summed E-state index contributed by atoms with van der Waals surface area (Å²) >= 11 is 6.13. The van der Waals surface area contributed by atoms with Gasteiger partial charge in [-0.1, -0.05) is 35.9 Å². The lowest BCUT2D eigenvalue weighted by Crippen LogP contribution is -2.37. The van der Waals surface area contributed by atoms with Crippen molar-refractivity contribution in [2.24, 2.45) is 0 Å². The number of hydrogen-bond donors (Lipinski definition) is 2. The van der Waals surface area contributed by atoms with E-state index >= 15 is 0 Å². The molecule has 2 aromatic carbocycles. The van der Waals surface area contributed by atoms with E-state index in [0.29, 0.717) is 23.2 Å². The van der Waals surface area contributed by atoms with Gasteiger partial charge in [0.2, 0.25) is 0 Å². The molecule has 1 fully saturated rings. The summed E-state index contributed by atoms with van der Waals surface area (Å²) in [4.78, 5) is 17.0. The van der Waals surface area contributed by atoms with Crippen LogP contribution in [-0.4, -0.2) is 47.8 Å². The van der Waals surface area contributed by atoms with Crippen molar-refractivity contribution in [3.05, 3.63) is 95.3 Å². The number of nitrogens with zero attached hydrogens (tertiary/aromatic N) is 2. The fourth-order valence-corrected chi connectivity index (χ4v) is 4.63. The van der Waals surface area contributed by atoms with Gasteiger partial charge < -0.3 is 19.9 Å². The molecule has 6 nitrogen and oxygen atoms in total. The van der Waals surface area contributed by atoms with E-state index in [1.165, 1.54) is 0 Å². The fourth-order valence-electron chi connectivity index (χ4n) is 4.50. The quantitative estimate of drug-likeness (QED) is 0.283. The number of aromatic nitrogens is 2. The van der Waals surface area contributed by atoms with Crippen LogP contribution in [0.4, 0.5) is 0 Å². The van der Waals surface area contributed by atoms with Gasteiger partial charge in [0.1, 0.15) is 0 Å². The van der Waals surface area contributed by atoms with Crippen molar-refractivity contribution in [3.63, 3.8) is 0 Å². The first-order chi connectivity index (χ1) is 17.6. The second kappa shape index (κ2) is 12.4. The minimum absolute atomic E-state index is 0. The van der Waals surface area contributed by atoms with Crippen LogP contribution in [0.3, 0.4) is 0 Å². The molecule has 3 heterocycles. The average molecular weight is 537 g/mol. The van der Waals surface area contributed by atoms with Crippen molar-refractivity contribution in [1.29, 1.82) is 0 Å². The van der Waals surface area contributed by atoms with Gasteiger partial charge in [0.25, 0.3) is 5.91 Å². The smallest absolute Gasteiger partial charge is 0.251 e. The molecule has 8 heteroatoms. The predicted molar refractivity (Wildman–Crippen MR) is 151 cm³/mol. The number of aryl methyl sites for hydroxylation is 1. The molecule has 1 aliphatic rings. The van der Waals surface area contributed by atoms with Crippen molar-refractivity contribution in [3.8, 4) is 28.2 Å². The lowest BCUT2D eigenvalue weighted by molar-refractivity contribution is 0.0953. The summed E-state index contributed by atoms with van der Waals surface area (Å²) in [6, 6.07) is 22.2. The van der Waals surface area contributed by atoms with Gasteiger partial charge in [0.05, 0.1) is 29.9 Å². The van der Waals surface area contributed by atoms with Crippen LogP contribution in [0.5, 0.6) is 0 Å². The first kappa shape index (κ1) is 26.9. The van der Waals surface area contributed by atoms with Crippen molar-refractivity contribution in [2.45, 2.75) is 19.4 Å². The highest BCUT2D eigenvalue weighted by Crippen LogP contribution is 2.34. The van der Waals surface area contributed by atoms with Crippen molar-refractivity contribution in [1.82, 2.24) is 20.2 Å². The summed E-state index contributed by atoms with van der Waals surface area (Å²) < 4.78 is 7.57. The van der Waals surface area contributed by atoms with Gasteiger partial charge in [-0.05, 0) is 72.5 Å². The van der Waals surface area contributed by atoms with Crippen molar-refractivity contribution >= 4 is 29.9 Å². The largest absolute Gasteiger partial charge is 0.380 e. The summed E-state index contributed by atoms with van der Waals surface area (Å²) in [5, 5.41) is 7.10. The molecule has 0 unspecified atom stereocenters. The highest BCUT2D eigenvalue weighted by Gasteiger charge is 2.17. The van der Waals surface area contributed by atoms with E-state index in [2.05, 4.69) is 39.2 Å². The zero-order chi connectivity index (χ0) is 24.9. The van der Waals surface area contributed by atoms with Crippen molar-refractivity contribution < 1.29 is 9.53 Å². The van der Waals surface area contributed by atoms with Gasteiger partial charge in [-0.15, -0.1) is 12.4 Å². The van der Waals surface area contributed by atoms with Crippen LogP contribution in [0.25, 0.3) is 28.2 Å². The van der Waals surface area contributed by atoms with E-state index < -0.39 is 0 Å². The van der Waals surface area contributed by atoms with Crippen LogP contribution in [-0.2, 0) is 4.74 Å². The number of halogens is 2. The lowest BCUT2D eigenvalue weighted by Gasteiger charge is -2.16. The van der Waals surface area contributed by atoms with Gasteiger partial charge in [0, 0.05) is 42.5 Å². The number of carbonyl (C=O) groups excluding carboxylic acids is 1. The minimum Gasteiger partial charge on any atom is -0.380 e. The van der Waals surface area contributed by atoms with Crippen LogP contribution in [0.15, 0.2) is 79.1 Å². The SMILES string of the molecule is Cc1ccncc1-n1c(-c2ccc(Cl)cc2)ccc1-c1ccc(C(=O)NCCN[C@H]2CCOC2)cc1.Cl. The fraction of sp³-hybridized carbons (Fsp3) is 0.241. The summed E-state index contributed by atoms with van der Waals surface area (Å²) in [5.74, 6) is -0.0774. The summed E-state index contributed by atoms with van der Waals surface area (Å²) in [7, 11) is 0. The molecule has 0 saturated carbocycles. The zero-order valence-corrected chi connectivity index (χ0v) is 22.2. The monoisotopic (exact) mass is 536 g/mol. The van der Waals surface area contributed by atoms with E-state index in [9.17, 15) is 4.79 Å². The minimum atomic E-state index is -0.0774. The zero-order valence-electron chi connectivity index (χ0n) is 20.6. The molecule has 192 valence electrons. The molecule has 2 aromatic heterocycles. The molecule has 1 atom stereocenters. The normalized spacial score (nSPS) is 14.8. The number of pyridine rings is 1. The van der Waals surface area contributed by atoms with Gasteiger partial charge in [-0.3, -0.25) is 9.78 Å². The molecule has 1 aliphatic heterocycles. The Kier molecular flexibility index (Phi) is 9.00. The summed E-state index contributed by atoms with van der Waals surface area (Å²) in [5.41, 5.74) is 6.89. The average Bonchev–Trinajstić information content (AvgIpc) is 3.58. The number of rotatable bonds is 8. The van der Waals surface area contributed by atoms with Gasteiger partial charge in [-0.2, -0.15) is 0 Å². The Labute approximate surface area is 228 Å². The second-order valence-corrected chi connectivity index (χ2v) is 9.39. The van der Waals surface area contributed by atoms with E-state index in [0.717, 1.165) is 59.9 Å². The second-order valence-electron chi connectivity index (χ2n) is 8.96. The molecule has 4 aromatic rings. The Morgan fingerprint density at radius 2 is 1.68 bits per heavy atom. The molecule has 1 amide bonds. The molecule has 0 bridgehead atoms. The van der Waals surface area contributed by atoms with Gasteiger partial charge in [0.15, 0.2) is 0 Å². The third-order valence-corrected chi connectivity index (χ3v) is 6.74. The van der Waals surface area contributed by atoms with Crippen LogP contribution in [0.1, 0.15) is 22.3 Å². The lowest BCUT2D eigenvalue weighted by atomic mass is 10.1. The predicted octanol–water partition coefficient (Wildman–Crippen LogP) is 5.70. The Bertz CT molecular complexity index is 1330. The Balaban J connectivity index is 0.00000320. The Morgan fingerprint density at radius 3 is 2.30 bits per heavy atom. The van der Waals surface area contributed by atoms with Gasteiger partial charge in [-0.25, -0.2) is 0 Å². The van der Waals surface area contributed by atoms with E-state index in [4.69, 9.17) is 16.3 Å². The first-order valence-electron chi connectivity index (χ1n) is 12.2. The van der Waals surface area contributed by atoms with Crippen LogP contribution >= 0.6 is 24.0 Å². The van der Waals surface area contributed by atoms with E-state index in [-0.39, 0.29) is 18.3 Å². The van der Waals surface area contributed by atoms with Crippen LogP contribution < -0.4 is 10.6 Å². The molecule has 1 saturated heterocycles. The molecule has 5 rings (SSSR count). The van der Waals surface area contributed by atoms with E-state index in [1.54, 1.807) is 6.20 Å². The van der Waals surface area contributed by atoms with Crippen LogP contribution in [0, 0.1) is 6.92 Å². The molecule has 0 radical (unpaired) electrons. The molecular weight excluding hydrogens is 507 g/mol. The molecule has 0 spiro atoms. The molecular formula is C29H30Cl2N4O2. The maximum Gasteiger partial charge on any atom is 0.251 e. The van der Waals surface area contributed by atoms with E-state index in [1.807, 2.05) is 60.8 Å². The number of benzene rings is 2. The van der Waals surface area contributed by atoms with Gasteiger partial charge >= 0.3 is 0 Å². The van der Waals surface area contributed by atoms with Crippen LogP contribution in [0.2, 0.25) is 5.02 Å². The number of nitrogens with one attached hydrogen (secondary N) is 2. The standard InChI is InChI=1S/C29H29ClN4O2.ClH/c1-20-12-14-31-18-28(20)34-26(10-11-27(34)22-6-8-24(30)9-7-22)21-2-4-23(5-3-21)29(35)33-16-15-32-25-13-17-36-19-25;/h2-12,14,18,25,32H,13,15-17,19H2,1H3,(H,33,35);1H/t25-;/m0./s1. The third kappa shape index (κ3) is 6.22. The maximum atomic E-state index is 12.7. The van der Waals surface area contributed by atoms with Crippen molar-refractivity contribution in [2.75, 3.05) is 26.3 Å². The number of hydrogen-bond acceptors (Lipinski definition) is 4. The Hall–Kier alpha value is -3.16. The summed E-state index contributed by atoms with van der Waals surface area (Å²) in [6.07, 6.45) is 4.70. The maximum absolute atomic E-state index is 12.7.